The van der Waals surface area contributed by atoms with E-state index in [0.717, 1.165) is 5.56 Å². The highest BCUT2D eigenvalue weighted by Gasteiger charge is 2.38. The Morgan fingerprint density at radius 1 is 1.24 bits per heavy atom. The Hall–Kier alpha value is -3.24. The van der Waals surface area contributed by atoms with Crippen LogP contribution in [-0.2, 0) is 9.59 Å². The molecular weight excluding hydrogens is 386 g/mol. The number of carbonyl (C=O) groups is 2. The van der Waals surface area contributed by atoms with Gasteiger partial charge in [0.15, 0.2) is 0 Å². The molecule has 29 heavy (non-hydrogen) atoms. The summed E-state index contributed by atoms with van der Waals surface area (Å²) in [4.78, 5) is 27.1. The molecule has 0 bridgehead atoms. The van der Waals surface area contributed by atoms with Crippen LogP contribution in [0.15, 0.2) is 59.1 Å². The first-order valence-electron chi connectivity index (χ1n) is 9.21. The number of thioether (sulfide) groups is 1. The van der Waals surface area contributed by atoms with Crippen molar-refractivity contribution in [3.8, 4) is 11.8 Å². The smallest absolute Gasteiger partial charge is 0.269 e. The summed E-state index contributed by atoms with van der Waals surface area (Å²) >= 11 is 1.21. The quantitative estimate of drug-likeness (QED) is 0.592. The van der Waals surface area contributed by atoms with Gasteiger partial charge in [0.1, 0.15) is 22.4 Å². The normalized spacial score (nSPS) is 17.7. The molecule has 0 aromatic heterocycles. The summed E-state index contributed by atoms with van der Waals surface area (Å²) in [6, 6.07) is 16.3. The number of ether oxygens (including phenoxy) is 1. The third-order valence-corrected chi connectivity index (χ3v) is 5.58. The highest BCUT2D eigenvalue weighted by atomic mass is 32.2. The van der Waals surface area contributed by atoms with Gasteiger partial charge in [-0.3, -0.25) is 14.5 Å². The third-order valence-electron chi connectivity index (χ3n) is 4.41. The average molecular weight is 407 g/mol. The molecule has 1 heterocycles. The fraction of sp³-hybridized carbons (Fsp3) is 0.227. The topological polar surface area (TPSA) is 82.4 Å². The monoisotopic (exact) mass is 407 g/mol. The Kier molecular flexibility index (Phi) is 6.25. The molecule has 0 saturated carbocycles. The molecule has 1 saturated heterocycles. The van der Waals surface area contributed by atoms with Crippen LogP contribution in [0.1, 0.15) is 19.4 Å². The average Bonchev–Trinajstić information content (AvgIpc) is 2.99. The zero-order valence-corrected chi connectivity index (χ0v) is 17.2. The molecule has 1 unspecified atom stereocenters. The van der Waals surface area contributed by atoms with Gasteiger partial charge < -0.3 is 10.1 Å². The Labute approximate surface area is 174 Å². The van der Waals surface area contributed by atoms with Gasteiger partial charge in [-0.25, -0.2) is 0 Å². The molecule has 2 aromatic carbocycles. The van der Waals surface area contributed by atoms with Crippen LogP contribution in [0.5, 0.6) is 5.75 Å². The van der Waals surface area contributed by atoms with Crippen LogP contribution in [0, 0.1) is 18.3 Å². The number of nitrogens with zero attached hydrogens (tertiary/aromatic N) is 2. The van der Waals surface area contributed by atoms with Gasteiger partial charge in [0.2, 0.25) is 5.91 Å². The lowest BCUT2D eigenvalue weighted by Gasteiger charge is -2.19. The van der Waals surface area contributed by atoms with Crippen LogP contribution in [0.25, 0.3) is 0 Å². The van der Waals surface area contributed by atoms with Gasteiger partial charge in [-0.05, 0) is 56.7 Å². The molecule has 0 spiro atoms. The molecule has 2 amide bonds. The van der Waals surface area contributed by atoms with E-state index in [1.54, 1.807) is 37.3 Å². The van der Waals surface area contributed by atoms with Gasteiger partial charge in [0.05, 0.1) is 11.9 Å². The minimum Gasteiger partial charge on any atom is -0.494 e. The van der Waals surface area contributed by atoms with Crippen molar-refractivity contribution in [3.63, 3.8) is 0 Å². The summed E-state index contributed by atoms with van der Waals surface area (Å²) < 4.78 is 5.45. The highest BCUT2D eigenvalue weighted by molar-refractivity contribution is 8.05. The first-order chi connectivity index (χ1) is 14.0. The molecular formula is C22H21N3O3S. The van der Waals surface area contributed by atoms with Gasteiger partial charge in [-0.1, -0.05) is 30.0 Å². The van der Waals surface area contributed by atoms with Crippen LogP contribution < -0.4 is 15.0 Å². The molecule has 0 aliphatic carbocycles. The number of anilines is 2. The lowest BCUT2D eigenvalue weighted by atomic mass is 10.2. The number of nitriles is 1. The number of rotatable bonds is 5. The van der Waals surface area contributed by atoms with Crippen molar-refractivity contribution >= 4 is 35.0 Å². The van der Waals surface area contributed by atoms with Crippen molar-refractivity contribution in [2.24, 2.45) is 0 Å². The number of para-hydroxylation sites is 1. The van der Waals surface area contributed by atoms with Crippen LogP contribution in [0.4, 0.5) is 11.4 Å². The molecule has 7 heteroatoms. The van der Waals surface area contributed by atoms with Gasteiger partial charge in [0.25, 0.3) is 5.91 Å². The molecule has 6 nitrogen and oxygen atoms in total. The molecule has 1 aliphatic heterocycles. The van der Waals surface area contributed by atoms with Crippen molar-refractivity contribution in [3.05, 3.63) is 64.7 Å². The molecule has 3 rings (SSSR count). The maximum Gasteiger partial charge on any atom is 0.269 e. The summed E-state index contributed by atoms with van der Waals surface area (Å²) in [5, 5.41) is 12.4. The maximum absolute atomic E-state index is 12.8. The second-order valence-corrected chi connectivity index (χ2v) is 7.75. The summed E-state index contributed by atoms with van der Waals surface area (Å²) in [5.41, 5.74) is 2.00. The van der Waals surface area contributed by atoms with Crippen molar-refractivity contribution in [2.45, 2.75) is 26.0 Å². The van der Waals surface area contributed by atoms with Crippen LogP contribution in [0.3, 0.4) is 0 Å². The minimum absolute atomic E-state index is 0.0927. The zero-order valence-electron chi connectivity index (χ0n) is 16.4. The van der Waals surface area contributed by atoms with Crippen molar-refractivity contribution < 1.29 is 14.3 Å². The molecule has 1 N–H and O–H groups in total. The first kappa shape index (κ1) is 20.5. The van der Waals surface area contributed by atoms with E-state index in [0.29, 0.717) is 28.8 Å². The van der Waals surface area contributed by atoms with Crippen LogP contribution in [-0.4, -0.2) is 23.7 Å². The third kappa shape index (κ3) is 4.28. The second kappa shape index (κ2) is 8.84. The second-order valence-electron chi connectivity index (χ2n) is 6.42. The van der Waals surface area contributed by atoms with E-state index in [1.165, 1.54) is 16.7 Å². The molecule has 1 fully saturated rings. The predicted octanol–water partition coefficient (Wildman–Crippen LogP) is 4.24. The lowest BCUT2D eigenvalue weighted by Crippen LogP contribution is -2.29. The largest absolute Gasteiger partial charge is 0.494 e. The Bertz CT molecular complexity index is 1010. The molecule has 148 valence electrons. The predicted molar refractivity (Wildman–Crippen MR) is 115 cm³/mol. The van der Waals surface area contributed by atoms with E-state index < -0.39 is 11.2 Å². The van der Waals surface area contributed by atoms with E-state index in [9.17, 15) is 14.9 Å². The lowest BCUT2D eigenvalue weighted by molar-refractivity contribution is -0.116. The summed E-state index contributed by atoms with van der Waals surface area (Å²) in [5.74, 6) is -0.0281. The van der Waals surface area contributed by atoms with E-state index in [4.69, 9.17) is 4.74 Å². The Morgan fingerprint density at radius 3 is 2.55 bits per heavy atom. The van der Waals surface area contributed by atoms with Gasteiger partial charge in [-0.15, -0.1) is 0 Å². The Morgan fingerprint density at radius 2 is 1.93 bits per heavy atom. The van der Waals surface area contributed by atoms with E-state index in [2.05, 4.69) is 5.32 Å². The number of hydrogen-bond donors (Lipinski definition) is 1. The number of amides is 2. The number of aryl methyl sites for hydroxylation is 1. The van der Waals surface area contributed by atoms with Crippen molar-refractivity contribution in [2.75, 3.05) is 16.8 Å². The molecule has 1 atom stereocenters. The van der Waals surface area contributed by atoms with Crippen molar-refractivity contribution in [1.29, 1.82) is 5.26 Å². The fourth-order valence-corrected chi connectivity index (χ4v) is 4.02. The van der Waals surface area contributed by atoms with E-state index >= 15 is 0 Å². The summed E-state index contributed by atoms with van der Waals surface area (Å²) in [7, 11) is 0. The zero-order chi connectivity index (χ0) is 21.0. The first-order valence-corrected chi connectivity index (χ1v) is 10.1. The minimum atomic E-state index is -0.540. The highest BCUT2D eigenvalue weighted by Crippen LogP contribution is 2.41. The maximum atomic E-state index is 12.8. The number of nitrogens with one attached hydrogen (secondary N) is 1. The number of benzene rings is 2. The van der Waals surface area contributed by atoms with Crippen LogP contribution >= 0.6 is 11.8 Å². The van der Waals surface area contributed by atoms with E-state index in [-0.39, 0.29) is 11.5 Å². The summed E-state index contributed by atoms with van der Waals surface area (Å²) in [6.07, 6.45) is 0. The summed E-state index contributed by atoms with van der Waals surface area (Å²) in [6.45, 7) is 6.06. The van der Waals surface area contributed by atoms with Gasteiger partial charge in [-0.2, -0.15) is 5.26 Å². The van der Waals surface area contributed by atoms with E-state index in [1.807, 2.05) is 38.1 Å². The standard InChI is InChI=1S/C22H21N3O3S/c1-4-28-17-11-9-16(10-12-17)25-21(27)15(3)29-22(25)18(13-23)20(26)24-19-8-6-5-7-14(19)2/h5-12,15H,4H2,1-3H3,(H,24,26)/b22-18-. The molecule has 0 radical (unpaired) electrons. The fourth-order valence-electron chi connectivity index (χ4n) is 2.92. The SMILES string of the molecule is CCOc1ccc(N2C(=O)C(C)S/C2=C(/C#N)C(=O)Nc2ccccc2C)cc1. The van der Waals surface area contributed by atoms with Gasteiger partial charge in [0, 0.05) is 11.4 Å². The molecule has 2 aromatic rings. The van der Waals surface area contributed by atoms with Gasteiger partial charge >= 0.3 is 0 Å². The van der Waals surface area contributed by atoms with Crippen LogP contribution in [0.2, 0.25) is 0 Å². The van der Waals surface area contributed by atoms with Crippen molar-refractivity contribution in [1.82, 2.24) is 0 Å². The molecule has 1 aliphatic rings. The Balaban J connectivity index is 1.98. The number of hydrogen-bond acceptors (Lipinski definition) is 5. The number of carbonyl (C=O) groups excluding carboxylic acids is 2.